The number of hydrogen-bond acceptors (Lipinski definition) is 2. The minimum atomic E-state index is 0.362. The van der Waals surface area contributed by atoms with Crippen LogP contribution < -0.4 is 4.74 Å². The smallest absolute Gasteiger partial charge is 0.118 e. The zero-order valence-corrected chi connectivity index (χ0v) is 14.2. The van der Waals surface area contributed by atoms with Gasteiger partial charge in [-0.2, -0.15) is 0 Å². The number of thiophene rings is 1. The summed E-state index contributed by atoms with van der Waals surface area (Å²) in [5, 5.41) is 0. The highest BCUT2D eigenvalue weighted by molar-refractivity contribution is 9.10. The molecule has 2 rings (SSSR count). The predicted molar refractivity (Wildman–Crippen MR) is 85.1 cm³/mol. The van der Waals surface area contributed by atoms with Gasteiger partial charge in [-0.25, -0.2) is 0 Å². The molecule has 0 fully saturated rings. The van der Waals surface area contributed by atoms with E-state index in [1.165, 1.54) is 19.8 Å². The number of rotatable bonds is 4. The lowest BCUT2D eigenvalue weighted by Crippen LogP contribution is -1.93. The normalized spacial score (nSPS) is 12.4. The Morgan fingerprint density at radius 2 is 1.94 bits per heavy atom. The molecule has 0 saturated heterocycles. The molecule has 18 heavy (non-hydrogen) atoms. The summed E-state index contributed by atoms with van der Waals surface area (Å²) in [4.78, 5) is 3.04. The van der Waals surface area contributed by atoms with E-state index in [1.54, 1.807) is 7.11 Å². The van der Waals surface area contributed by atoms with Crippen LogP contribution in [-0.2, 0) is 6.42 Å². The quantitative estimate of drug-likeness (QED) is 0.626. The second-order valence-corrected chi connectivity index (χ2v) is 7.32. The molecule has 4 heteroatoms. The van der Waals surface area contributed by atoms with Crippen LogP contribution in [0.4, 0.5) is 0 Å². The minimum Gasteiger partial charge on any atom is -0.497 e. The third kappa shape index (κ3) is 3.37. The number of benzene rings is 1. The zero-order valence-electron chi connectivity index (χ0n) is 10.2. The maximum atomic E-state index is 5.16. The largest absolute Gasteiger partial charge is 0.497 e. The SMILES string of the molecule is COc1ccc(CC(Br)c2cc(Br)c(C)s2)cc1. The molecule has 0 spiro atoms. The summed E-state index contributed by atoms with van der Waals surface area (Å²) in [6, 6.07) is 10.4. The van der Waals surface area contributed by atoms with Gasteiger partial charge in [-0.15, -0.1) is 11.3 Å². The lowest BCUT2D eigenvalue weighted by atomic mass is 10.1. The second-order valence-electron chi connectivity index (χ2n) is 4.07. The summed E-state index contributed by atoms with van der Waals surface area (Å²) in [5.41, 5.74) is 1.31. The zero-order chi connectivity index (χ0) is 13.1. The molecule has 1 atom stereocenters. The fraction of sp³-hybridized carbons (Fsp3) is 0.286. The van der Waals surface area contributed by atoms with E-state index in [0.717, 1.165) is 12.2 Å². The summed E-state index contributed by atoms with van der Waals surface area (Å²) in [5.74, 6) is 0.902. The van der Waals surface area contributed by atoms with Crippen molar-refractivity contribution in [3.05, 3.63) is 50.1 Å². The number of alkyl halides is 1. The molecule has 0 aliphatic carbocycles. The number of halogens is 2. The first-order valence-corrected chi connectivity index (χ1v) is 8.15. The summed E-state index contributed by atoms with van der Waals surface area (Å²) in [6.07, 6.45) is 0.983. The molecule has 0 N–H and O–H groups in total. The molecule has 96 valence electrons. The van der Waals surface area contributed by atoms with Crippen molar-refractivity contribution in [3.63, 3.8) is 0 Å². The van der Waals surface area contributed by atoms with Crippen molar-refractivity contribution in [2.24, 2.45) is 0 Å². The first-order valence-electron chi connectivity index (χ1n) is 5.63. The highest BCUT2D eigenvalue weighted by Gasteiger charge is 2.13. The summed E-state index contributed by atoms with van der Waals surface area (Å²) in [7, 11) is 1.69. The van der Waals surface area contributed by atoms with Crippen molar-refractivity contribution >= 4 is 43.2 Å². The third-order valence-corrected chi connectivity index (χ3v) is 6.13. The van der Waals surface area contributed by atoms with Crippen molar-refractivity contribution in [2.45, 2.75) is 18.2 Å². The van der Waals surface area contributed by atoms with Crippen LogP contribution in [-0.4, -0.2) is 7.11 Å². The fourth-order valence-corrected chi connectivity index (χ4v) is 4.03. The van der Waals surface area contributed by atoms with Gasteiger partial charge < -0.3 is 4.74 Å². The standard InChI is InChI=1S/C14H14Br2OS/c1-9-12(15)8-14(18-9)13(16)7-10-3-5-11(17-2)6-4-10/h3-6,8,13H,7H2,1-2H3. The monoisotopic (exact) mass is 388 g/mol. The molecule has 0 aliphatic heterocycles. The molecule has 1 heterocycles. The number of methoxy groups -OCH3 is 1. The van der Waals surface area contributed by atoms with Gasteiger partial charge in [-0.05, 0) is 53.0 Å². The highest BCUT2D eigenvalue weighted by Crippen LogP contribution is 2.36. The molecule has 0 bridgehead atoms. The van der Waals surface area contributed by atoms with Crippen molar-refractivity contribution in [1.82, 2.24) is 0 Å². The van der Waals surface area contributed by atoms with E-state index in [0.29, 0.717) is 4.83 Å². The van der Waals surface area contributed by atoms with E-state index in [2.05, 4.69) is 57.0 Å². The average molecular weight is 390 g/mol. The number of hydrogen-bond donors (Lipinski definition) is 0. The summed E-state index contributed by atoms with van der Waals surface area (Å²) in [6.45, 7) is 2.13. The van der Waals surface area contributed by atoms with Gasteiger partial charge >= 0.3 is 0 Å². The topological polar surface area (TPSA) is 9.23 Å². The predicted octanol–water partition coefficient (Wildman–Crippen LogP) is 5.51. The Hall–Kier alpha value is -0.320. The van der Waals surface area contributed by atoms with Gasteiger partial charge in [0, 0.05) is 14.2 Å². The van der Waals surface area contributed by atoms with Crippen molar-refractivity contribution in [3.8, 4) is 5.75 Å². The molecule has 0 radical (unpaired) electrons. The molecule has 1 nitrogen and oxygen atoms in total. The van der Waals surface area contributed by atoms with E-state index in [-0.39, 0.29) is 0 Å². The Bertz CT molecular complexity index is 500. The summed E-state index contributed by atoms with van der Waals surface area (Å²) >= 11 is 9.16. The molecule has 2 aromatic rings. The van der Waals surface area contributed by atoms with E-state index in [1.807, 2.05) is 23.5 Å². The highest BCUT2D eigenvalue weighted by atomic mass is 79.9. The third-order valence-electron chi connectivity index (χ3n) is 2.76. The molecule has 0 aliphatic rings. The van der Waals surface area contributed by atoms with E-state index in [9.17, 15) is 0 Å². The Morgan fingerprint density at radius 3 is 2.44 bits per heavy atom. The lowest BCUT2D eigenvalue weighted by molar-refractivity contribution is 0.414. The maximum Gasteiger partial charge on any atom is 0.118 e. The van der Waals surface area contributed by atoms with Gasteiger partial charge in [0.15, 0.2) is 0 Å². The van der Waals surface area contributed by atoms with Crippen LogP contribution in [0.2, 0.25) is 0 Å². The first kappa shape index (κ1) is 14.1. The molecular formula is C14H14Br2OS. The van der Waals surface area contributed by atoms with Crippen LogP contribution >= 0.6 is 43.2 Å². The van der Waals surface area contributed by atoms with E-state index < -0.39 is 0 Å². The Balaban J connectivity index is 2.08. The van der Waals surface area contributed by atoms with Gasteiger partial charge in [0.05, 0.1) is 11.9 Å². The molecule has 1 aromatic heterocycles. The van der Waals surface area contributed by atoms with Crippen molar-refractivity contribution in [1.29, 1.82) is 0 Å². The van der Waals surface area contributed by atoms with Gasteiger partial charge in [0.1, 0.15) is 5.75 Å². The van der Waals surface area contributed by atoms with E-state index in [4.69, 9.17) is 4.74 Å². The average Bonchev–Trinajstić information content (AvgIpc) is 2.71. The van der Waals surface area contributed by atoms with Gasteiger partial charge in [0.2, 0.25) is 0 Å². The second kappa shape index (κ2) is 6.22. The molecular weight excluding hydrogens is 376 g/mol. The summed E-state index contributed by atoms with van der Waals surface area (Å²) < 4.78 is 6.36. The van der Waals surface area contributed by atoms with Crippen LogP contribution in [0.15, 0.2) is 34.8 Å². The van der Waals surface area contributed by atoms with Gasteiger partial charge in [-0.1, -0.05) is 28.1 Å². The maximum absolute atomic E-state index is 5.16. The van der Waals surface area contributed by atoms with Gasteiger partial charge in [0.25, 0.3) is 0 Å². The Kier molecular flexibility index (Phi) is 4.87. The molecule has 1 aromatic carbocycles. The molecule has 0 saturated carbocycles. The van der Waals surface area contributed by atoms with Crippen molar-refractivity contribution < 1.29 is 4.74 Å². The van der Waals surface area contributed by atoms with E-state index >= 15 is 0 Å². The van der Waals surface area contributed by atoms with Crippen molar-refractivity contribution in [2.75, 3.05) is 7.11 Å². The first-order chi connectivity index (χ1) is 8.60. The molecule has 1 unspecified atom stereocenters. The van der Waals surface area contributed by atoms with Gasteiger partial charge in [-0.3, -0.25) is 0 Å². The lowest BCUT2D eigenvalue weighted by Gasteiger charge is -2.08. The van der Waals surface area contributed by atoms with Crippen LogP contribution in [0.3, 0.4) is 0 Å². The van der Waals surface area contributed by atoms with Crippen LogP contribution in [0.5, 0.6) is 5.75 Å². The number of aryl methyl sites for hydroxylation is 1. The van der Waals surface area contributed by atoms with Crippen LogP contribution in [0.1, 0.15) is 20.1 Å². The Morgan fingerprint density at radius 1 is 1.28 bits per heavy atom. The minimum absolute atomic E-state index is 0.362. The fourth-order valence-electron chi connectivity index (χ4n) is 1.71. The Labute approximate surface area is 128 Å². The van der Waals surface area contributed by atoms with Crippen LogP contribution in [0, 0.1) is 6.92 Å². The van der Waals surface area contributed by atoms with Crippen LogP contribution in [0.25, 0.3) is 0 Å². The number of ether oxygens (including phenoxy) is 1. The molecule has 0 amide bonds.